The van der Waals surface area contributed by atoms with E-state index in [0.29, 0.717) is 11.3 Å². The quantitative estimate of drug-likeness (QED) is 0.447. The molecule has 0 atom stereocenters. The highest BCUT2D eigenvalue weighted by Gasteiger charge is 2.09. The predicted molar refractivity (Wildman–Crippen MR) is 99.1 cm³/mol. The normalized spacial score (nSPS) is 13.5. The molecule has 0 saturated heterocycles. The molecule has 0 bridgehead atoms. The number of rotatable bonds is 2. The van der Waals surface area contributed by atoms with Gasteiger partial charge in [0.1, 0.15) is 11.3 Å². The van der Waals surface area contributed by atoms with E-state index >= 15 is 0 Å². The van der Waals surface area contributed by atoms with Gasteiger partial charge in [-0.05, 0) is 38.9 Å². The second-order valence-electron chi connectivity index (χ2n) is 6.17. The first-order chi connectivity index (χ1) is 12.8. The van der Waals surface area contributed by atoms with Crippen molar-refractivity contribution in [3.63, 3.8) is 0 Å². The molecule has 0 unspecified atom stereocenters. The van der Waals surface area contributed by atoms with E-state index in [4.69, 9.17) is 8.53 Å². The second kappa shape index (κ2) is 5.64. The maximum absolute atomic E-state index is 7.47. The van der Waals surface area contributed by atoms with Crippen molar-refractivity contribution in [1.29, 1.82) is 0 Å². The first-order valence-electron chi connectivity index (χ1n) is 9.39. The largest absolute Gasteiger partial charge is 0.456 e. The molecule has 4 rings (SSSR count). The molecule has 0 aliphatic heterocycles. The molecule has 0 aliphatic carbocycles. The van der Waals surface area contributed by atoms with Crippen LogP contribution in [-0.4, -0.2) is 4.98 Å². The van der Waals surface area contributed by atoms with E-state index in [0.717, 1.165) is 27.8 Å². The average molecular weight is 316 g/mol. The van der Waals surface area contributed by atoms with Crippen molar-refractivity contribution in [2.45, 2.75) is 20.7 Å². The summed E-state index contributed by atoms with van der Waals surface area (Å²) in [5.41, 5.74) is 6.24. The molecule has 2 heteroatoms. The van der Waals surface area contributed by atoms with Crippen molar-refractivity contribution >= 4 is 11.0 Å². The Morgan fingerprint density at radius 3 is 2.29 bits per heavy atom. The van der Waals surface area contributed by atoms with Gasteiger partial charge in [0.2, 0.25) is 0 Å². The number of pyridine rings is 1. The van der Waals surface area contributed by atoms with Crippen LogP contribution in [-0.2, 0) is 0 Å². The van der Waals surface area contributed by atoms with Crippen LogP contribution in [0, 0.1) is 20.7 Å². The third-order valence-corrected chi connectivity index (χ3v) is 4.09. The Balaban J connectivity index is 1.72. The van der Waals surface area contributed by atoms with E-state index in [2.05, 4.69) is 37.0 Å². The van der Waals surface area contributed by atoms with E-state index in [-0.39, 0.29) is 0 Å². The van der Waals surface area contributed by atoms with Crippen molar-refractivity contribution in [3.8, 4) is 22.6 Å². The number of hydrogen-bond acceptors (Lipinski definition) is 2. The van der Waals surface area contributed by atoms with E-state index in [1.54, 1.807) is 24.3 Å². The molecule has 0 saturated carbocycles. The standard InChI is InChI=1S/C22H19NO/c1-14-4-6-17(7-5-14)21-11-19-13-23-20(12-22(19)24-21)18-9-15(2)8-16(3)10-18/h4-13H,1-3H3/i1D3. The second-order valence-corrected chi connectivity index (χ2v) is 6.17. The third-order valence-electron chi connectivity index (χ3n) is 4.09. The molecule has 24 heavy (non-hydrogen) atoms. The van der Waals surface area contributed by atoms with Crippen LogP contribution < -0.4 is 0 Å². The summed E-state index contributed by atoms with van der Waals surface area (Å²) in [5, 5.41) is 0.915. The maximum Gasteiger partial charge on any atom is 0.138 e. The van der Waals surface area contributed by atoms with Crippen LogP contribution in [0.4, 0.5) is 0 Å². The van der Waals surface area contributed by atoms with E-state index < -0.39 is 6.85 Å². The lowest BCUT2D eigenvalue weighted by atomic mass is 10.0. The highest BCUT2D eigenvalue weighted by atomic mass is 16.3. The Hall–Kier alpha value is -2.87. The van der Waals surface area contributed by atoms with Gasteiger partial charge in [-0.3, -0.25) is 4.98 Å². The molecule has 0 fully saturated rings. The summed E-state index contributed by atoms with van der Waals surface area (Å²) in [6.07, 6.45) is 1.81. The molecule has 0 radical (unpaired) electrons. The number of fused-ring (bicyclic) bond motifs is 1. The van der Waals surface area contributed by atoms with Crippen LogP contribution >= 0.6 is 0 Å². The summed E-state index contributed by atoms with van der Waals surface area (Å²) < 4.78 is 28.4. The van der Waals surface area contributed by atoms with Crippen LogP contribution in [0.3, 0.4) is 0 Å². The maximum atomic E-state index is 7.47. The minimum absolute atomic E-state index is 0.320. The fourth-order valence-corrected chi connectivity index (χ4v) is 2.99. The Kier molecular flexibility index (Phi) is 2.74. The molecule has 118 valence electrons. The Morgan fingerprint density at radius 2 is 1.58 bits per heavy atom. The number of aryl methyl sites for hydroxylation is 3. The Labute approximate surface area is 146 Å². The Bertz CT molecular complexity index is 1100. The average Bonchev–Trinajstić information content (AvgIpc) is 3.03. The lowest BCUT2D eigenvalue weighted by Gasteiger charge is -2.04. The first kappa shape index (κ1) is 11.6. The number of nitrogens with zero attached hydrogens (tertiary/aromatic N) is 1. The molecule has 0 amide bonds. The molecule has 2 aromatic carbocycles. The first-order valence-corrected chi connectivity index (χ1v) is 7.89. The van der Waals surface area contributed by atoms with E-state index in [1.165, 1.54) is 11.1 Å². The van der Waals surface area contributed by atoms with Crippen molar-refractivity contribution < 1.29 is 8.53 Å². The predicted octanol–water partition coefficient (Wildman–Crippen LogP) is 6.09. The summed E-state index contributed by atoms with van der Waals surface area (Å²) >= 11 is 0. The van der Waals surface area contributed by atoms with Crippen LogP contribution in [0.2, 0.25) is 0 Å². The molecule has 4 aromatic rings. The summed E-state index contributed by atoms with van der Waals surface area (Å²) in [5.74, 6) is 0.696. The fraction of sp³-hybridized carbons (Fsp3) is 0.136. The molecular formula is C22H19NO. The number of furan rings is 1. The van der Waals surface area contributed by atoms with Gasteiger partial charge < -0.3 is 4.42 Å². The molecule has 0 spiro atoms. The van der Waals surface area contributed by atoms with E-state index in [9.17, 15) is 0 Å². The van der Waals surface area contributed by atoms with Gasteiger partial charge in [0.05, 0.1) is 5.69 Å². The molecular weight excluding hydrogens is 294 g/mol. The SMILES string of the molecule is [2H]C([2H])([2H])c1ccc(-c2cc3cnc(-c4cc(C)cc(C)c4)cc3o2)cc1. The van der Waals surface area contributed by atoms with Gasteiger partial charge in [0.25, 0.3) is 0 Å². The van der Waals surface area contributed by atoms with Crippen LogP contribution in [0.15, 0.2) is 65.2 Å². The highest BCUT2D eigenvalue weighted by molar-refractivity contribution is 5.85. The molecule has 2 nitrogen and oxygen atoms in total. The summed E-state index contributed by atoms with van der Waals surface area (Å²) in [6.45, 7) is 2.04. The lowest BCUT2D eigenvalue weighted by Crippen LogP contribution is -1.85. The number of hydrogen-bond donors (Lipinski definition) is 0. The zero-order valence-electron chi connectivity index (χ0n) is 16.6. The molecule has 0 N–H and O–H groups in total. The van der Waals surface area contributed by atoms with Gasteiger partial charge in [-0.2, -0.15) is 0 Å². The Morgan fingerprint density at radius 1 is 0.833 bits per heavy atom. The number of aromatic nitrogens is 1. The summed E-state index contributed by atoms with van der Waals surface area (Å²) in [7, 11) is 0. The van der Waals surface area contributed by atoms with Crippen molar-refractivity contribution in [1.82, 2.24) is 4.98 Å². The zero-order valence-corrected chi connectivity index (χ0v) is 13.6. The van der Waals surface area contributed by atoms with Gasteiger partial charge in [-0.1, -0.05) is 47.0 Å². The lowest BCUT2D eigenvalue weighted by molar-refractivity contribution is 0.631. The van der Waals surface area contributed by atoms with Crippen molar-refractivity contribution in [2.24, 2.45) is 0 Å². The topological polar surface area (TPSA) is 26.0 Å². The molecule has 2 aromatic heterocycles. The zero-order chi connectivity index (χ0) is 19.2. The molecule has 0 aliphatic rings. The van der Waals surface area contributed by atoms with Gasteiger partial charge in [-0.25, -0.2) is 0 Å². The van der Waals surface area contributed by atoms with Crippen molar-refractivity contribution in [3.05, 3.63) is 77.5 Å². The van der Waals surface area contributed by atoms with Gasteiger partial charge >= 0.3 is 0 Å². The minimum Gasteiger partial charge on any atom is -0.456 e. The summed E-state index contributed by atoms with van der Waals surface area (Å²) in [4.78, 5) is 4.58. The van der Waals surface area contributed by atoms with Gasteiger partial charge in [0, 0.05) is 32.9 Å². The van der Waals surface area contributed by atoms with Crippen LogP contribution in [0.1, 0.15) is 20.8 Å². The van der Waals surface area contributed by atoms with Crippen LogP contribution in [0.25, 0.3) is 33.6 Å². The monoisotopic (exact) mass is 316 g/mol. The van der Waals surface area contributed by atoms with Gasteiger partial charge in [-0.15, -0.1) is 0 Å². The molecule has 2 heterocycles. The summed E-state index contributed by atoms with van der Waals surface area (Å²) in [6, 6.07) is 17.0. The highest BCUT2D eigenvalue weighted by Crippen LogP contribution is 2.30. The smallest absolute Gasteiger partial charge is 0.138 e. The third kappa shape index (κ3) is 2.71. The van der Waals surface area contributed by atoms with Crippen LogP contribution in [0.5, 0.6) is 0 Å². The number of benzene rings is 2. The fourth-order valence-electron chi connectivity index (χ4n) is 2.99. The van der Waals surface area contributed by atoms with Crippen molar-refractivity contribution in [2.75, 3.05) is 0 Å². The van der Waals surface area contributed by atoms with E-state index in [1.807, 2.05) is 18.3 Å². The minimum atomic E-state index is -2.10. The van der Waals surface area contributed by atoms with Gasteiger partial charge in [0.15, 0.2) is 0 Å².